The molecule has 0 spiro atoms. The third-order valence-electron chi connectivity index (χ3n) is 15.4. The highest BCUT2D eigenvalue weighted by molar-refractivity contribution is 5.71. The highest BCUT2D eigenvalue weighted by Gasteiger charge is 2.19. The summed E-state index contributed by atoms with van der Waals surface area (Å²) in [5.74, 6) is -0.867. The van der Waals surface area contributed by atoms with Gasteiger partial charge in [-0.25, -0.2) is 0 Å². The molecule has 0 aliphatic rings. The zero-order valence-corrected chi connectivity index (χ0v) is 53.8. The van der Waals surface area contributed by atoms with Gasteiger partial charge in [-0.3, -0.25) is 14.4 Å². The van der Waals surface area contributed by atoms with Crippen LogP contribution >= 0.6 is 0 Å². The summed E-state index contributed by atoms with van der Waals surface area (Å²) in [5.41, 5.74) is 0. The molecule has 0 saturated heterocycles. The van der Waals surface area contributed by atoms with Gasteiger partial charge in [-0.1, -0.05) is 324 Å². The molecule has 0 rings (SSSR count). The van der Waals surface area contributed by atoms with Crippen molar-refractivity contribution in [1.29, 1.82) is 0 Å². The molecule has 0 fully saturated rings. The van der Waals surface area contributed by atoms with Gasteiger partial charge in [0.1, 0.15) is 13.2 Å². The van der Waals surface area contributed by atoms with E-state index in [2.05, 4.69) is 106 Å². The number of ether oxygens (including phenoxy) is 3. The standard InChI is InChI=1S/C75H132O6/c1-4-7-10-13-16-19-22-25-27-29-31-33-34-35-36-37-38-39-40-41-42-43-45-46-48-50-53-56-59-62-65-68-74(77)80-71-72(70-79-73(76)67-64-61-58-55-52-24-21-18-15-12-9-6-3)81-75(78)69-66-63-60-57-54-51-49-47-44-32-30-28-26-23-20-17-14-11-8-5-2/h7,10,16,18-19,21,25,27,31,33,35-36,38-39,72H,4-6,8-9,11-15,17,20,22-24,26,28-30,32,34,37,40-71H2,1-3H3/b10-7-,19-16-,21-18-,27-25-,33-31-,36-35-,39-38-. The van der Waals surface area contributed by atoms with Crippen molar-refractivity contribution in [1.82, 2.24) is 0 Å². The molecule has 0 heterocycles. The minimum atomic E-state index is -0.779. The van der Waals surface area contributed by atoms with E-state index < -0.39 is 6.10 Å². The number of rotatable bonds is 64. The van der Waals surface area contributed by atoms with E-state index in [9.17, 15) is 14.4 Å². The van der Waals surface area contributed by atoms with Crippen molar-refractivity contribution in [2.45, 2.75) is 361 Å². The summed E-state index contributed by atoms with van der Waals surface area (Å²) >= 11 is 0. The minimum absolute atomic E-state index is 0.0758. The molecular formula is C75H132O6. The van der Waals surface area contributed by atoms with Gasteiger partial charge in [0.25, 0.3) is 0 Å². The topological polar surface area (TPSA) is 78.9 Å². The molecule has 0 aromatic carbocycles. The fourth-order valence-electron chi connectivity index (χ4n) is 10.2. The Balaban J connectivity index is 4.21. The number of esters is 3. The highest BCUT2D eigenvalue weighted by Crippen LogP contribution is 2.18. The van der Waals surface area contributed by atoms with E-state index >= 15 is 0 Å². The lowest BCUT2D eigenvalue weighted by Gasteiger charge is -2.18. The van der Waals surface area contributed by atoms with E-state index in [1.165, 1.54) is 212 Å². The monoisotopic (exact) mass is 1130 g/mol. The number of unbranched alkanes of at least 4 members (excludes halogenated alkanes) is 39. The Labute approximate surface area is 503 Å². The molecule has 0 aliphatic carbocycles. The van der Waals surface area contributed by atoms with Gasteiger partial charge in [-0.05, 0) is 96.3 Å². The Hall–Kier alpha value is -3.41. The van der Waals surface area contributed by atoms with Crippen molar-refractivity contribution in [3.05, 3.63) is 85.1 Å². The van der Waals surface area contributed by atoms with Crippen LogP contribution in [-0.4, -0.2) is 37.2 Å². The van der Waals surface area contributed by atoms with Crippen LogP contribution in [-0.2, 0) is 28.6 Å². The first-order chi connectivity index (χ1) is 40.0. The smallest absolute Gasteiger partial charge is 0.306 e. The van der Waals surface area contributed by atoms with Gasteiger partial charge >= 0.3 is 17.9 Å². The molecule has 0 amide bonds. The van der Waals surface area contributed by atoms with Crippen LogP contribution < -0.4 is 0 Å². The second kappa shape index (κ2) is 69.1. The van der Waals surface area contributed by atoms with Crippen LogP contribution in [0.25, 0.3) is 0 Å². The Morgan fingerprint density at radius 1 is 0.259 bits per heavy atom. The molecule has 0 radical (unpaired) electrons. The van der Waals surface area contributed by atoms with E-state index in [4.69, 9.17) is 14.2 Å². The average molecular weight is 1130 g/mol. The molecule has 468 valence electrons. The summed E-state index contributed by atoms with van der Waals surface area (Å²) in [7, 11) is 0. The molecule has 81 heavy (non-hydrogen) atoms. The maximum Gasteiger partial charge on any atom is 0.306 e. The number of allylic oxidation sites excluding steroid dienone is 14. The van der Waals surface area contributed by atoms with Crippen molar-refractivity contribution in [3.8, 4) is 0 Å². The molecule has 0 aromatic heterocycles. The summed E-state index contributed by atoms with van der Waals surface area (Å²) in [5, 5.41) is 0. The predicted molar refractivity (Wildman–Crippen MR) is 353 cm³/mol. The van der Waals surface area contributed by atoms with Crippen LogP contribution in [0.15, 0.2) is 85.1 Å². The summed E-state index contributed by atoms with van der Waals surface area (Å²) < 4.78 is 17.0. The lowest BCUT2D eigenvalue weighted by Crippen LogP contribution is -2.30. The Bertz CT molecular complexity index is 1530. The van der Waals surface area contributed by atoms with Gasteiger partial charge in [-0.15, -0.1) is 0 Å². The Morgan fingerprint density at radius 3 is 0.790 bits per heavy atom. The normalized spacial score (nSPS) is 12.6. The minimum Gasteiger partial charge on any atom is -0.462 e. The first-order valence-electron chi connectivity index (χ1n) is 35.1. The zero-order valence-electron chi connectivity index (χ0n) is 53.8. The molecule has 0 N–H and O–H groups in total. The van der Waals surface area contributed by atoms with Crippen LogP contribution in [0.4, 0.5) is 0 Å². The SMILES string of the molecule is CC/C=C\C/C=C\C/C=C\C/C=C\C/C=C\C/C=C\CCCCCCCCCCCCCCC(=O)OCC(COC(=O)CCCCCCC/C=C\CCCCC)OC(=O)CCCCCCCCCCCCCCCCCCCCCC. The summed E-state index contributed by atoms with van der Waals surface area (Å²) in [6, 6.07) is 0. The van der Waals surface area contributed by atoms with Crippen LogP contribution in [0.3, 0.4) is 0 Å². The van der Waals surface area contributed by atoms with E-state index in [1.54, 1.807) is 0 Å². The van der Waals surface area contributed by atoms with Gasteiger partial charge < -0.3 is 14.2 Å². The van der Waals surface area contributed by atoms with Crippen molar-refractivity contribution in [2.24, 2.45) is 0 Å². The quantitative estimate of drug-likeness (QED) is 0.0261. The Morgan fingerprint density at radius 2 is 0.481 bits per heavy atom. The second-order valence-corrected chi connectivity index (χ2v) is 23.4. The summed E-state index contributed by atoms with van der Waals surface area (Å²) in [6.45, 7) is 6.54. The maximum atomic E-state index is 12.9. The van der Waals surface area contributed by atoms with Crippen LogP contribution in [0, 0.1) is 0 Å². The van der Waals surface area contributed by atoms with Crippen LogP contribution in [0.5, 0.6) is 0 Å². The van der Waals surface area contributed by atoms with Gasteiger partial charge in [0.2, 0.25) is 0 Å². The maximum absolute atomic E-state index is 12.9. The predicted octanol–water partition coefficient (Wildman–Crippen LogP) is 24.2. The lowest BCUT2D eigenvalue weighted by atomic mass is 10.0. The van der Waals surface area contributed by atoms with Crippen LogP contribution in [0.1, 0.15) is 355 Å². The third kappa shape index (κ3) is 67.3. The first-order valence-corrected chi connectivity index (χ1v) is 35.1. The van der Waals surface area contributed by atoms with E-state index in [0.29, 0.717) is 19.3 Å². The second-order valence-electron chi connectivity index (χ2n) is 23.4. The third-order valence-corrected chi connectivity index (χ3v) is 15.4. The fraction of sp³-hybridized carbons (Fsp3) is 0.773. The van der Waals surface area contributed by atoms with E-state index in [1.807, 2.05) is 0 Å². The number of hydrogen-bond donors (Lipinski definition) is 0. The van der Waals surface area contributed by atoms with E-state index in [0.717, 1.165) is 103 Å². The van der Waals surface area contributed by atoms with Gasteiger partial charge in [0.15, 0.2) is 6.10 Å². The molecule has 0 saturated carbocycles. The molecule has 0 bridgehead atoms. The molecule has 0 aromatic rings. The van der Waals surface area contributed by atoms with Gasteiger partial charge in [0, 0.05) is 19.3 Å². The zero-order chi connectivity index (χ0) is 58.5. The van der Waals surface area contributed by atoms with Crippen molar-refractivity contribution < 1.29 is 28.6 Å². The molecule has 1 atom stereocenters. The van der Waals surface area contributed by atoms with Crippen molar-refractivity contribution >= 4 is 17.9 Å². The summed E-state index contributed by atoms with van der Waals surface area (Å²) in [6.07, 6.45) is 91.8. The molecule has 1 unspecified atom stereocenters. The lowest BCUT2D eigenvalue weighted by molar-refractivity contribution is -0.167. The van der Waals surface area contributed by atoms with Crippen LogP contribution in [0.2, 0.25) is 0 Å². The number of carbonyl (C=O) groups is 3. The van der Waals surface area contributed by atoms with Crippen molar-refractivity contribution in [2.75, 3.05) is 13.2 Å². The Kier molecular flexibility index (Phi) is 66.2. The fourth-order valence-corrected chi connectivity index (χ4v) is 10.2. The van der Waals surface area contributed by atoms with Gasteiger partial charge in [-0.2, -0.15) is 0 Å². The molecule has 6 heteroatoms. The highest BCUT2D eigenvalue weighted by atomic mass is 16.6. The summed E-state index contributed by atoms with van der Waals surface area (Å²) in [4.78, 5) is 38.4. The van der Waals surface area contributed by atoms with Crippen molar-refractivity contribution in [3.63, 3.8) is 0 Å². The number of carbonyl (C=O) groups excluding carboxylic acids is 3. The number of hydrogen-bond acceptors (Lipinski definition) is 6. The molecule has 6 nitrogen and oxygen atoms in total. The first kappa shape index (κ1) is 77.6. The molecular weight excluding hydrogens is 997 g/mol. The average Bonchev–Trinajstić information content (AvgIpc) is 3.47. The molecule has 0 aliphatic heterocycles. The van der Waals surface area contributed by atoms with Gasteiger partial charge in [0.05, 0.1) is 0 Å². The largest absolute Gasteiger partial charge is 0.462 e. The van der Waals surface area contributed by atoms with E-state index in [-0.39, 0.29) is 31.1 Å².